The van der Waals surface area contributed by atoms with Gasteiger partial charge in [-0.05, 0) is 25.3 Å². The summed E-state index contributed by atoms with van der Waals surface area (Å²) in [6, 6.07) is 9.28. The molecule has 0 saturated carbocycles. The van der Waals surface area contributed by atoms with Crippen LogP contribution in [0, 0.1) is 0 Å². The predicted octanol–water partition coefficient (Wildman–Crippen LogP) is 2.68. The summed E-state index contributed by atoms with van der Waals surface area (Å²) in [6.45, 7) is 3.15. The van der Waals surface area contributed by atoms with Gasteiger partial charge in [0.1, 0.15) is 4.83 Å². The number of nitrogens with zero attached hydrogens (tertiary/aromatic N) is 1. The molecule has 0 bridgehead atoms. The minimum atomic E-state index is -0.732. The zero-order valence-corrected chi connectivity index (χ0v) is 13.0. The summed E-state index contributed by atoms with van der Waals surface area (Å²) in [6.07, 6.45) is 1.32. The van der Waals surface area contributed by atoms with E-state index in [0.29, 0.717) is 0 Å². The van der Waals surface area contributed by atoms with E-state index in [4.69, 9.17) is 4.74 Å². The van der Waals surface area contributed by atoms with Gasteiger partial charge in [-0.3, -0.25) is 9.59 Å². The number of benzene rings is 1. The highest BCUT2D eigenvalue weighted by Gasteiger charge is 2.28. The maximum Gasteiger partial charge on any atom is 0.325 e. The molecule has 2 atom stereocenters. The Kier molecular flexibility index (Phi) is 5.17. The highest BCUT2D eigenvalue weighted by molar-refractivity contribution is 9.09. The number of carbonyl (C=O) groups excluding carboxylic acids is 2. The molecule has 0 aromatic heterocycles. The number of ether oxygens (including phenoxy) is 1. The third kappa shape index (κ3) is 3.60. The number of esters is 1. The van der Waals surface area contributed by atoms with Crippen molar-refractivity contribution in [3.8, 4) is 0 Å². The van der Waals surface area contributed by atoms with Gasteiger partial charge in [0, 0.05) is 13.1 Å². The molecule has 108 valence electrons. The van der Waals surface area contributed by atoms with Crippen LogP contribution in [0.25, 0.3) is 0 Å². The van der Waals surface area contributed by atoms with Crippen molar-refractivity contribution in [1.82, 2.24) is 4.90 Å². The topological polar surface area (TPSA) is 46.6 Å². The molecule has 0 radical (unpaired) electrons. The van der Waals surface area contributed by atoms with E-state index in [9.17, 15) is 9.59 Å². The minimum absolute atomic E-state index is 0.108. The number of alkyl halides is 1. The average Bonchev–Trinajstić information content (AvgIpc) is 3.00. The van der Waals surface area contributed by atoms with E-state index in [-0.39, 0.29) is 5.91 Å². The lowest BCUT2D eigenvalue weighted by Crippen LogP contribution is -2.38. The number of hydrogen-bond acceptors (Lipinski definition) is 3. The van der Waals surface area contributed by atoms with Crippen molar-refractivity contribution < 1.29 is 14.3 Å². The molecule has 1 aromatic rings. The molecule has 5 heteroatoms. The van der Waals surface area contributed by atoms with Crippen LogP contribution in [0.5, 0.6) is 0 Å². The molecule has 0 N–H and O–H groups in total. The maximum absolute atomic E-state index is 12.1. The van der Waals surface area contributed by atoms with E-state index in [0.717, 1.165) is 31.5 Å². The fourth-order valence-electron chi connectivity index (χ4n) is 2.24. The molecular formula is C15H18BrNO3. The van der Waals surface area contributed by atoms with Crippen molar-refractivity contribution in [1.29, 1.82) is 0 Å². The molecule has 0 aliphatic carbocycles. The van der Waals surface area contributed by atoms with Gasteiger partial charge in [-0.1, -0.05) is 46.3 Å². The zero-order chi connectivity index (χ0) is 14.5. The largest absolute Gasteiger partial charge is 0.451 e. The number of halogens is 1. The lowest BCUT2D eigenvalue weighted by Gasteiger charge is -2.21. The van der Waals surface area contributed by atoms with E-state index in [1.165, 1.54) is 0 Å². The fraction of sp³-hybridized carbons (Fsp3) is 0.467. The van der Waals surface area contributed by atoms with Crippen LogP contribution >= 0.6 is 15.9 Å². The molecule has 0 spiro atoms. The summed E-state index contributed by atoms with van der Waals surface area (Å²) in [4.78, 5) is 25.3. The summed E-state index contributed by atoms with van der Waals surface area (Å²) in [7, 11) is 0. The van der Waals surface area contributed by atoms with Gasteiger partial charge in [0.05, 0.1) is 0 Å². The van der Waals surface area contributed by atoms with Crippen LogP contribution in [-0.4, -0.2) is 36.0 Å². The van der Waals surface area contributed by atoms with Crippen LogP contribution in [0.1, 0.15) is 30.2 Å². The average molecular weight is 340 g/mol. The van der Waals surface area contributed by atoms with Gasteiger partial charge in [0.25, 0.3) is 5.91 Å². The Labute approximate surface area is 127 Å². The second-order valence-electron chi connectivity index (χ2n) is 4.88. The molecule has 1 amide bonds. The van der Waals surface area contributed by atoms with Crippen LogP contribution < -0.4 is 0 Å². The molecule has 2 rings (SSSR count). The molecule has 1 saturated heterocycles. The highest BCUT2D eigenvalue weighted by Crippen LogP contribution is 2.24. The smallest absolute Gasteiger partial charge is 0.325 e. The van der Waals surface area contributed by atoms with Gasteiger partial charge in [-0.25, -0.2) is 0 Å². The number of hydrogen-bond donors (Lipinski definition) is 0. The molecule has 1 aliphatic heterocycles. The molecule has 1 heterocycles. The first-order valence-corrected chi connectivity index (χ1v) is 7.69. The molecule has 20 heavy (non-hydrogen) atoms. The van der Waals surface area contributed by atoms with Crippen LogP contribution in [0.3, 0.4) is 0 Å². The zero-order valence-electron chi connectivity index (χ0n) is 11.4. The van der Waals surface area contributed by atoms with Crippen LogP contribution in [0.4, 0.5) is 0 Å². The molecular weight excluding hydrogens is 322 g/mol. The third-order valence-corrected chi connectivity index (χ3v) is 4.26. The molecule has 1 aliphatic rings. The summed E-state index contributed by atoms with van der Waals surface area (Å²) < 4.78 is 5.26. The third-order valence-electron chi connectivity index (χ3n) is 3.36. The van der Waals surface area contributed by atoms with Gasteiger partial charge in [-0.2, -0.15) is 0 Å². The van der Waals surface area contributed by atoms with E-state index < -0.39 is 16.9 Å². The number of rotatable bonds is 4. The Morgan fingerprint density at radius 2 is 1.80 bits per heavy atom. The Hall–Kier alpha value is -1.36. The van der Waals surface area contributed by atoms with Crippen molar-refractivity contribution in [3.63, 3.8) is 0 Å². The standard InChI is InChI=1S/C15H18BrNO3/c1-11(14(18)17-9-5-6-10-17)20-15(19)13(16)12-7-3-2-4-8-12/h2-4,7-8,11,13H,5-6,9-10H2,1H3. The molecule has 1 aromatic carbocycles. The first-order valence-electron chi connectivity index (χ1n) is 6.78. The van der Waals surface area contributed by atoms with Crippen LogP contribution in [0.15, 0.2) is 30.3 Å². The van der Waals surface area contributed by atoms with Crippen LogP contribution in [0.2, 0.25) is 0 Å². The number of likely N-dealkylation sites (tertiary alicyclic amines) is 1. The van der Waals surface area contributed by atoms with Gasteiger partial charge >= 0.3 is 5.97 Å². The van der Waals surface area contributed by atoms with E-state index in [1.807, 2.05) is 30.3 Å². The van der Waals surface area contributed by atoms with Crippen molar-refractivity contribution >= 4 is 27.8 Å². The first-order chi connectivity index (χ1) is 9.59. The summed E-state index contributed by atoms with van der Waals surface area (Å²) in [5.41, 5.74) is 0.818. The van der Waals surface area contributed by atoms with Gasteiger partial charge in [-0.15, -0.1) is 0 Å². The van der Waals surface area contributed by atoms with Crippen molar-refractivity contribution in [2.75, 3.05) is 13.1 Å². The van der Waals surface area contributed by atoms with Gasteiger partial charge < -0.3 is 9.64 Å². The molecule has 4 nitrogen and oxygen atoms in total. The second kappa shape index (κ2) is 6.88. The van der Waals surface area contributed by atoms with Crippen molar-refractivity contribution in [2.24, 2.45) is 0 Å². The maximum atomic E-state index is 12.1. The number of carbonyl (C=O) groups is 2. The Morgan fingerprint density at radius 3 is 2.40 bits per heavy atom. The van der Waals surface area contributed by atoms with Crippen molar-refractivity contribution in [3.05, 3.63) is 35.9 Å². The summed E-state index contributed by atoms with van der Waals surface area (Å²) in [5.74, 6) is -0.542. The lowest BCUT2D eigenvalue weighted by atomic mass is 10.1. The second-order valence-corrected chi connectivity index (χ2v) is 5.80. The molecule has 1 fully saturated rings. The quantitative estimate of drug-likeness (QED) is 0.625. The number of amides is 1. The fourth-order valence-corrected chi connectivity index (χ4v) is 2.65. The normalized spacial score (nSPS) is 17.6. The minimum Gasteiger partial charge on any atom is -0.451 e. The Balaban J connectivity index is 1.91. The SMILES string of the molecule is CC(OC(=O)C(Br)c1ccccc1)C(=O)N1CCCC1. The first kappa shape index (κ1) is 15.0. The highest BCUT2D eigenvalue weighted by atomic mass is 79.9. The molecule has 2 unspecified atom stereocenters. The summed E-state index contributed by atoms with van der Waals surface area (Å²) in [5, 5.41) is 0. The predicted molar refractivity (Wildman–Crippen MR) is 79.5 cm³/mol. The summed E-state index contributed by atoms with van der Waals surface area (Å²) >= 11 is 3.31. The monoisotopic (exact) mass is 339 g/mol. The lowest BCUT2D eigenvalue weighted by molar-refractivity contribution is -0.158. The van der Waals surface area contributed by atoms with Crippen molar-refractivity contribution in [2.45, 2.75) is 30.7 Å². The van der Waals surface area contributed by atoms with Gasteiger partial charge in [0.2, 0.25) is 0 Å². The van der Waals surface area contributed by atoms with Crippen LogP contribution in [-0.2, 0) is 14.3 Å². The Morgan fingerprint density at radius 1 is 1.20 bits per heavy atom. The van der Waals surface area contributed by atoms with E-state index in [2.05, 4.69) is 15.9 Å². The Bertz CT molecular complexity index is 471. The van der Waals surface area contributed by atoms with E-state index >= 15 is 0 Å². The van der Waals surface area contributed by atoms with E-state index in [1.54, 1.807) is 11.8 Å². The van der Waals surface area contributed by atoms with Gasteiger partial charge in [0.15, 0.2) is 6.10 Å².